The Bertz CT molecular complexity index is 2160. The predicted molar refractivity (Wildman–Crippen MR) is 208 cm³/mol. The van der Waals surface area contributed by atoms with Gasteiger partial charge in [-0.25, -0.2) is 40.9 Å². The number of cyclic esters (lactones) is 1. The number of hydrogen-bond acceptors (Lipinski definition) is 12. The monoisotopic (exact) mass is 831 g/mol. The van der Waals surface area contributed by atoms with Gasteiger partial charge in [0.15, 0.2) is 19.7 Å². The van der Waals surface area contributed by atoms with Crippen molar-refractivity contribution in [3.8, 4) is 0 Å². The number of amides is 4. The van der Waals surface area contributed by atoms with Crippen LogP contribution in [0.3, 0.4) is 0 Å². The molecular weight excluding hydrogens is 783 g/mol. The average Bonchev–Trinajstić information content (AvgIpc) is 3.47. The highest BCUT2D eigenvalue weighted by atomic mass is 32.2. The van der Waals surface area contributed by atoms with E-state index in [9.17, 15) is 45.9 Å². The fraction of sp³-hybridized carbons (Fsp3) is 0.410. The molecule has 1 heterocycles. The first kappa shape index (κ1) is 45.9. The molecule has 1 aliphatic heterocycles. The zero-order valence-corrected chi connectivity index (χ0v) is 34.6. The van der Waals surface area contributed by atoms with E-state index >= 15 is 0 Å². The highest BCUT2D eigenvalue weighted by molar-refractivity contribution is 7.91. The van der Waals surface area contributed by atoms with Gasteiger partial charge >= 0.3 is 24.2 Å². The van der Waals surface area contributed by atoms with Gasteiger partial charge in [0.05, 0.1) is 9.79 Å². The van der Waals surface area contributed by atoms with Gasteiger partial charge in [-0.3, -0.25) is 4.79 Å². The van der Waals surface area contributed by atoms with Crippen LogP contribution < -0.4 is 10.6 Å². The van der Waals surface area contributed by atoms with E-state index in [-0.39, 0.29) is 29.2 Å². The number of imide groups is 1. The lowest BCUT2D eigenvalue weighted by Crippen LogP contribution is -2.51. The van der Waals surface area contributed by atoms with Crippen molar-refractivity contribution in [1.82, 2.24) is 15.5 Å². The molecule has 0 saturated carbocycles. The van der Waals surface area contributed by atoms with Gasteiger partial charge in [0.2, 0.25) is 0 Å². The molecule has 0 aliphatic carbocycles. The van der Waals surface area contributed by atoms with Crippen LogP contribution >= 0.6 is 0 Å². The molecule has 16 nitrogen and oxygen atoms in total. The van der Waals surface area contributed by atoms with Crippen LogP contribution in [0.1, 0.15) is 64.3 Å². The summed E-state index contributed by atoms with van der Waals surface area (Å²) in [7, 11) is -6.87. The molecule has 4 rings (SSSR count). The summed E-state index contributed by atoms with van der Waals surface area (Å²) in [6.45, 7) is 10.0. The van der Waals surface area contributed by atoms with Crippen LogP contribution in [0.2, 0.25) is 0 Å². The van der Waals surface area contributed by atoms with Crippen molar-refractivity contribution in [3.05, 3.63) is 95.6 Å². The molecular formula is C39H49N3O13S2. The second-order valence-electron chi connectivity index (χ2n) is 15.2. The van der Waals surface area contributed by atoms with Gasteiger partial charge in [-0.05, 0) is 82.5 Å². The van der Waals surface area contributed by atoms with Gasteiger partial charge in [0.25, 0.3) is 5.91 Å². The van der Waals surface area contributed by atoms with Crippen molar-refractivity contribution in [2.24, 2.45) is 0 Å². The number of benzene rings is 3. The van der Waals surface area contributed by atoms with E-state index in [1.165, 1.54) is 30.3 Å². The van der Waals surface area contributed by atoms with Gasteiger partial charge in [-0.1, -0.05) is 54.6 Å². The first-order valence-corrected chi connectivity index (χ1v) is 21.4. The fourth-order valence-electron chi connectivity index (χ4n) is 5.33. The van der Waals surface area contributed by atoms with E-state index in [0.29, 0.717) is 16.7 Å². The molecule has 3 aromatic carbocycles. The van der Waals surface area contributed by atoms with E-state index in [1.807, 2.05) is 6.07 Å². The minimum absolute atomic E-state index is 0.0166. The van der Waals surface area contributed by atoms with E-state index < -0.39 is 79.2 Å². The Balaban J connectivity index is 0.000000331. The molecule has 3 N–H and O–H groups in total. The zero-order valence-electron chi connectivity index (χ0n) is 33.0. The largest absolute Gasteiger partial charge is 0.480 e. The number of nitrogens with one attached hydrogen (secondary N) is 2. The molecule has 1 unspecified atom stereocenters. The number of rotatable bonds is 11. The zero-order chi connectivity index (χ0) is 42.9. The summed E-state index contributed by atoms with van der Waals surface area (Å²) in [6, 6.07) is 17.9. The number of ether oxygens (including phenoxy) is 3. The maximum absolute atomic E-state index is 13.6. The van der Waals surface area contributed by atoms with Gasteiger partial charge in [-0.2, -0.15) is 0 Å². The smallest absolute Gasteiger partial charge is 0.417 e. The van der Waals surface area contributed by atoms with Crippen LogP contribution in [-0.4, -0.2) is 99.4 Å². The second kappa shape index (κ2) is 18.6. The van der Waals surface area contributed by atoms with Crippen molar-refractivity contribution >= 4 is 49.8 Å². The summed E-state index contributed by atoms with van der Waals surface area (Å²) in [5, 5.41) is 14.0. The van der Waals surface area contributed by atoms with Crippen molar-refractivity contribution in [2.75, 3.05) is 19.1 Å². The Labute approximate surface area is 332 Å². The molecule has 1 fully saturated rings. The minimum Gasteiger partial charge on any atom is -0.480 e. The van der Waals surface area contributed by atoms with Crippen molar-refractivity contribution in [1.29, 1.82) is 0 Å². The number of carbonyl (C=O) groups is 5. The van der Waals surface area contributed by atoms with E-state index in [2.05, 4.69) is 10.6 Å². The molecule has 310 valence electrons. The number of nitrogens with zero attached hydrogens (tertiary/aromatic N) is 1. The Hall–Kier alpha value is -5.49. The van der Waals surface area contributed by atoms with E-state index in [1.54, 1.807) is 84.0 Å². The second-order valence-corrected chi connectivity index (χ2v) is 19.2. The SMILES string of the molecule is CC(C)(C)OC(=O)N[C@@H](Cc1cccc(S(C)(=O)=O)c1)C(=O)N1C(=O)OCC1c1ccccc1.CC(C)(C)OC(=O)N[C@@H](Cc1cccc(S(C)(=O)=O)c1)C(=O)O. The third kappa shape index (κ3) is 14.8. The third-order valence-electron chi connectivity index (χ3n) is 7.81. The average molecular weight is 832 g/mol. The highest BCUT2D eigenvalue weighted by Crippen LogP contribution is 2.29. The Kier molecular flexibility index (Phi) is 15.0. The summed E-state index contributed by atoms with van der Waals surface area (Å²) in [5.74, 6) is -1.92. The van der Waals surface area contributed by atoms with Gasteiger partial charge in [0, 0.05) is 25.4 Å². The number of alkyl carbamates (subject to hydrolysis) is 2. The molecule has 0 spiro atoms. The molecule has 57 heavy (non-hydrogen) atoms. The van der Waals surface area contributed by atoms with Crippen LogP contribution in [0.15, 0.2) is 88.7 Å². The van der Waals surface area contributed by atoms with Crippen LogP contribution in [0.5, 0.6) is 0 Å². The molecule has 0 aromatic heterocycles. The van der Waals surface area contributed by atoms with Gasteiger partial charge in [0.1, 0.15) is 35.9 Å². The molecule has 0 bridgehead atoms. The Morgan fingerprint density at radius 2 is 1.18 bits per heavy atom. The normalized spacial score (nSPS) is 15.5. The van der Waals surface area contributed by atoms with Crippen LogP contribution in [0, 0.1) is 0 Å². The number of carboxylic acids is 1. The first-order valence-electron chi connectivity index (χ1n) is 17.6. The maximum Gasteiger partial charge on any atom is 0.417 e. The lowest BCUT2D eigenvalue weighted by Gasteiger charge is -2.27. The van der Waals surface area contributed by atoms with E-state index in [4.69, 9.17) is 14.2 Å². The van der Waals surface area contributed by atoms with Crippen LogP contribution in [0.4, 0.5) is 14.4 Å². The lowest BCUT2D eigenvalue weighted by atomic mass is 10.0. The number of carboxylic acid groups (broad SMARTS) is 1. The summed E-state index contributed by atoms with van der Waals surface area (Å²) >= 11 is 0. The Morgan fingerprint density at radius 3 is 1.60 bits per heavy atom. The first-order chi connectivity index (χ1) is 26.2. The minimum atomic E-state index is -3.48. The van der Waals surface area contributed by atoms with Crippen LogP contribution in [-0.2, 0) is 56.3 Å². The molecule has 18 heteroatoms. The summed E-state index contributed by atoms with van der Waals surface area (Å²) < 4.78 is 62.5. The molecule has 0 radical (unpaired) electrons. The number of carbonyl (C=O) groups excluding carboxylic acids is 4. The number of sulfone groups is 2. The van der Waals surface area contributed by atoms with Crippen molar-refractivity contribution < 1.29 is 60.1 Å². The van der Waals surface area contributed by atoms with Gasteiger partial charge < -0.3 is 30.0 Å². The maximum atomic E-state index is 13.6. The fourth-order valence-corrected chi connectivity index (χ4v) is 6.71. The van der Waals surface area contributed by atoms with Crippen molar-refractivity contribution in [3.63, 3.8) is 0 Å². The molecule has 3 aromatic rings. The molecule has 3 atom stereocenters. The quantitative estimate of drug-likeness (QED) is 0.220. The topological polar surface area (TPSA) is 229 Å². The predicted octanol–water partition coefficient (Wildman–Crippen LogP) is 4.86. The summed E-state index contributed by atoms with van der Waals surface area (Å²) in [4.78, 5) is 62.8. The number of hydrogen-bond donors (Lipinski definition) is 3. The highest BCUT2D eigenvalue weighted by Gasteiger charge is 2.42. The Morgan fingerprint density at radius 1 is 0.737 bits per heavy atom. The lowest BCUT2D eigenvalue weighted by molar-refractivity contribution is -0.139. The van der Waals surface area contributed by atoms with Crippen molar-refractivity contribution in [2.45, 2.75) is 93.5 Å². The molecule has 1 saturated heterocycles. The summed E-state index contributed by atoms with van der Waals surface area (Å²) in [5.41, 5.74) is 0.116. The van der Waals surface area contributed by atoms with E-state index in [0.717, 1.165) is 17.4 Å². The standard InChI is InChI=1S/C24H28N2O7S.C15H21NO6S/c1-24(2,3)33-22(28)25-19(14-16-9-8-12-18(13-16)34(4,30)31)21(27)26-20(15-32-23(26)29)17-10-6-5-7-11-17;1-15(2,3)22-14(19)16-12(13(17)18)9-10-6-5-7-11(8-10)23(4,20)21/h5-13,19-20H,14-15H2,1-4H3,(H,25,28);5-8,12H,9H2,1-4H3,(H,16,19)(H,17,18)/t19-,20?;12-/m00/s1. The number of aliphatic carboxylic acids is 1. The van der Waals surface area contributed by atoms with Crippen LogP contribution in [0.25, 0.3) is 0 Å². The molecule has 4 amide bonds. The van der Waals surface area contributed by atoms with Gasteiger partial charge in [-0.15, -0.1) is 0 Å². The third-order valence-corrected chi connectivity index (χ3v) is 10.0. The summed E-state index contributed by atoms with van der Waals surface area (Å²) in [6.07, 6.45) is -0.471. The molecule has 1 aliphatic rings.